The van der Waals surface area contributed by atoms with Gasteiger partial charge in [-0.3, -0.25) is 10.5 Å². The zero-order valence-corrected chi connectivity index (χ0v) is 13.9. The predicted molar refractivity (Wildman–Crippen MR) is 87.5 cm³/mol. The number of rotatable bonds is 6. The van der Waals surface area contributed by atoms with E-state index in [1.807, 2.05) is 6.07 Å². The van der Waals surface area contributed by atoms with Crippen molar-refractivity contribution in [3.8, 4) is 5.75 Å². The molecule has 0 aromatic heterocycles. The van der Waals surface area contributed by atoms with Crippen molar-refractivity contribution in [2.75, 3.05) is 0 Å². The van der Waals surface area contributed by atoms with E-state index >= 15 is 0 Å². The van der Waals surface area contributed by atoms with Crippen LogP contribution in [0.4, 0.5) is 17.6 Å². The standard InChI is InChI=1S/C18H18F4N2O2/c1-2-17(23,16(25)24-11-12-6-4-3-5-7-12)26-13-8-9-15(19)14(10-13)18(20,21)22/h3-10H,2,11,23H2,1H3,(H,24,25)/t17-/m0/s1. The minimum absolute atomic E-state index is 0.00759. The van der Waals surface area contributed by atoms with E-state index in [4.69, 9.17) is 10.5 Å². The highest BCUT2D eigenvalue weighted by molar-refractivity contribution is 5.84. The zero-order valence-electron chi connectivity index (χ0n) is 13.9. The van der Waals surface area contributed by atoms with Crippen LogP contribution in [0.3, 0.4) is 0 Å². The molecule has 0 aliphatic heterocycles. The number of ether oxygens (including phenoxy) is 1. The van der Waals surface area contributed by atoms with Gasteiger partial charge in [-0.1, -0.05) is 37.3 Å². The molecular weight excluding hydrogens is 352 g/mol. The Labute approximate surface area is 148 Å². The maximum atomic E-state index is 13.4. The second kappa shape index (κ2) is 7.74. The zero-order chi connectivity index (χ0) is 19.4. The lowest BCUT2D eigenvalue weighted by Gasteiger charge is -2.28. The van der Waals surface area contributed by atoms with E-state index < -0.39 is 29.2 Å². The van der Waals surface area contributed by atoms with E-state index in [1.54, 1.807) is 31.2 Å². The van der Waals surface area contributed by atoms with E-state index in [0.29, 0.717) is 12.1 Å². The monoisotopic (exact) mass is 370 g/mol. The Kier molecular flexibility index (Phi) is 5.86. The fourth-order valence-electron chi connectivity index (χ4n) is 2.20. The molecule has 0 saturated heterocycles. The molecule has 0 heterocycles. The summed E-state index contributed by atoms with van der Waals surface area (Å²) in [5, 5.41) is 2.58. The van der Waals surface area contributed by atoms with Gasteiger partial charge < -0.3 is 10.1 Å². The molecule has 8 heteroatoms. The van der Waals surface area contributed by atoms with Crippen LogP contribution in [0.15, 0.2) is 48.5 Å². The van der Waals surface area contributed by atoms with Gasteiger partial charge in [0, 0.05) is 13.0 Å². The van der Waals surface area contributed by atoms with Crippen LogP contribution in [0.5, 0.6) is 5.75 Å². The number of carbonyl (C=O) groups is 1. The lowest BCUT2D eigenvalue weighted by Crippen LogP contribution is -2.57. The van der Waals surface area contributed by atoms with Gasteiger partial charge in [-0.05, 0) is 23.8 Å². The molecule has 0 aliphatic rings. The molecule has 0 unspecified atom stereocenters. The molecule has 0 radical (unpaired) electrons. The lowest BCUT2D eigenvalue weighted by atomic mass is 10.1. The van der Waals surface area contributed by atoms with Gasteiger partial charge in [-0.15, -0.1) is 0 Å². The average molecular weight is 370 g/mol. The van der Waals surface area contributed by atoms with Crippen molar-refractivity contribution >= 4 is 5.91 Å². The van der Waals surface area contributed by atoms with E-state index in [0.717, 1.165) is 11.6 Å². The van der Waals surface area contributed by atoms with Crippen molar-refractivity contribution in [1.29, 1.82) is 0 Å². The third kappa shape index (κ3) is 4.72. The Morgan fingerprint density at radius 1 is 1.15 bits per heavy atom. The fourth-order valence-corrected chi connectivity index (χ4v) is 2.20. The molecular formula is C18H18F4N2O2. The van der Waals surface area contributed by atoms with Gasteiger partial charge in [0.05, 0.1) is 5.56 Å². The summed E-state index contributed by atoms with van der Waals surface area (Å²) in [5.74, 6) is -2.47. The average Bonchev–Trinajstić information content (AvgIpc) is 2.61. The highest BCUT2D eigenvalue weighted by Gasteiger charge is 2.37. The van der Waals surface area contributed by atoms with Crippen molar-refractivity contribution in [2.45, 2.75) is 31.8 Å². The summed E-state index contributed by atoms with van der Waals surface area (Å²) in [6.45, 7) is 1.73. The molecule has 2 aromatic carbocycles. The van der Waals surface area contributed by atoms with Gasteiger partial charge in [0.1, 0.15) is 11.6 Å². The molecule has 4 nitrogen and oxygen atoms in total. The van der Waals surface area contributed by atoms with Gasteiger partial charge in [0.25, 0.3) is 5.91 Å². The van der Waals surface area contributed by atoms with Gasteiger partial charge in [-0.25, -0.2) is 4.39 Å². The number of halogens is 4. The third-order valence-electron chi connectivity index (χ3n) is 3.75. The van der Waals surface area contributed by atoms with E-state index in [1.165, 1.54) is 0 Å². The number of amides is 1. The molecule has 1 amide bonds. The second-order valence-corrected chi connectivity index (χ2v) is 5.65. The third-order valence-corrected chi connectivity index (χ3v) is 3.75. The molecule has 0 aliphatic carbocycles. The Morgan fingerprint density at radius 2 is 1.81 bits per heavy atom. The summed E-state index contributed by atoms with van der Waals surface area (Å²) in [7, 11) is 0. The van der Waals surface area contributed by atoms with Crippen LogP contribution in [0.25, 0.3) is 0 Å². The van der Waals surface area contributed by atoms with Crippen LogP contribution in [0.1, 0.15) is 24.5 Å². The summed E-state index contributed by atoms with van der Waals surface area (Å²) >= 11 is 0. The molecule has 2 aromatic rings. The van der Waals surface area contributed by atoms with E-state index in [9.17, 15) is 22.4 Å². The Balaban J connectivity index is 2.15. The first-order valence-corrected chi connectivity index (χ1v) is 7.82. The van der Waals surface area contributed by atoms with E-state index in [-0.39, 0.29) is 18.7 Å². The number of hydrogen-bond donors (Lipinski definition) is 2. The quantitative estimate of drug-likeness (QED) is 0.603. The number of carbonyl (C=O) groups excluding carboxylic acids is 1. The van der Waals surface area contributed by atoms with Crippen LogP contribution in [-0.2, 0) is 17.5 Å². The van der Waals surface area contributed by atoms with Crippen LogP contribution in [0, 0.1) is 5.82 Å². The van der Waals surface area contributed by atoms with Gasteiger partial charge in [0.15, 0.2) is 0 Å². The molecule has 0 saturated carbocycles. The molecule has 0 spiro atoms. The van der Waals surface area contributed by atoms with Gasteiger partial charge in [0.2, 0.25) is 5.72 Å². The van der Waals surface area contributed by atoms with Crippen LogP contribution >= 0.6 is 0 Å². The van der Waals surface area contributed by atoms with Crippen LogP contribution in [-0.4, -0.2) is 11.6 Å². The fraction of sp³-hybridized carbons (Fsp3) is 0.278. The molecule has 0 fully saturated rings. The SMILES string of the molecule is CC[C@](N)(Oc1ccc(F)c(C(F)(F)F)c1)C(=O)NCc1ccccc1. The Bertz CT molecular complexity index is 766. The number of benzene rings is 2. The van der Waals surface area contributed by atoms with Crippen molar-refractivity contribution in [1.82, 2.24) is 5.32 Å². The summed E-state index contributed by atoms with van der Waals surface area (Å²) in [6, 6.07) is 11.1. The molecule has 140 valence electrons. The highest BCUT2D eigenvalue weighted by Crippen LogP contribution is 2.34. The van der Waals surface area contributed by atoms with Crippen molar-refractivity contribution < 1.29 is 27.1 Å². The molecule has 26 heavy (non-hydrogen) atoms. The maximum absolute atomic E-state index is 13.4. The first-order valence-electron chi connectivity index (χ1n) is 7.82. The second-order valence-electron chi connectivity index (χ2n) is 5.65. The summed E-state index contributed by atoms with van der Waals surface area (Å²) in [4.78, 5) is 12.4. The number of nitrogens with two attached hydrogens (primary N) is 1. The first kappa shape index (κ1) is 19.7. The highest BCUT2D eigenvalue weighted by atomic mass is 19.4. The molecule has 3 N–H and O–H groups in total. The summed E-state index contributed by atoms with van der Waals surface area (Å²) in [5.41, 5.74) is 3.36. The lowest BCUT2D eigenvalue weighted by molar-refractivity contribution is -0.140. The number of hydrogen-bond acceptors (Lipinski definition) is 3. The predicted octanol–water partition coefficient (Wildman–Crippen LogP) is 3.60. The minimum Gasteiger partial charge on any atom is -0.464 e. The summed E-state index contributed by atoms with van der Waals surface area (Å²) in [6.07, 6.45) is -4.89. The van der Waals surface area contributed by atoms with Crippen LogP contribution < -0.4 is 15.8 Å². The van der Waals surface area contributed by atoms with E-state index in [2.05, 4.69) is 5.32 Å². The normalized spacial score (nSPS) is 13.8. The Hall–Kier alpha value is -2.61. The number of alkyl halides is 3. The van der Waals surface area contributed by atoms with Crippen molar-refractivity contribution in [2.24, 2.45) is 5.73 Å². The smallest absolute Gasteiger partial charge is 0.419 e. The molecule has 0 bridgehead atoms. The van der Waals surface area contributed by atoms with Crippen molar-refractivity contribution in [3.63, 3.8) is 0 Å². The summed E-state index contributed by atoms with van der Waals surface area (Å²) < 4.78 is 57.1. The number of nitrogens with one attached hydrogen (secondary N) is 1. The molecule has 1 atom stereocenters. The van der Waals surface area contributed by atoms with Crippen LogP contribution in [0.2, 0.25) is 0 Å². The molecule has 2 rings (SSSR count). The topological polar surface area (TPSA) is 64.3 Å². The first-order chi connectivity index (χ1) is 12.2. The maximum Gasteiger partial charge on any atom is 0.419 e. The Morgan fingerprint density at radius 3 is 2.38 bits per heavy atom. The van der Waals surface area contributed by atoms with Crippen molar-refractivity contribution in [3.05, 3.63) is 65.5 Å². The minimum atomic E-state index is -4.89. The van der Waals surface area contributed by atoms with Gasteiger partial charge >= 0.3 is 6.18 Å². The largest absolute Gasteiger partial charge is 0.464 e. The van der Waals surface area contributed by atoms with Gasteiger partial charge in [-0.2, -0.15) is 13.2 Å².